The molecule has 0 bridgehead atoms. The lowest BCUT2D eigenvalue weighted by atomic mass is 10.2. The Bertz CT molecular complexity index is 575. The summed E-state index contributed by atoms with van der Waals surface area (Å²) in [5, 5.41) is 0. The third kappa shape index (κ3) is 3.10. The van der Waals surface area contributed by atoms with E-state index in [1.807, 2.05) is 18.2 Å². The summed E-state index contributed by atoms with van der Waals surface area (Å²) in [5.41, 5.74) is 6.51. The Balaban J connectivity index is 2.31. The van der Waals surface area contributed by atoms with Crippen molar-refractivity contribution in [1.82, 2.24) is 0 Å². The molecule has 0 saturated carbocycles. The van der Waals surface area contributed by atoms with E-state index in [4.69, 9.17) is 5.73 Å². The Morgan fingerprint density at radius 1 is 1.06 bits per heavy atom. The van der Waals surface area contributed by atoms with E-state index in [1.54, 1.807) is 0 Å². The second-order valence-corrected chi connectivity index (χ2v) is 5.58. The maximum Gasteiger partial charge on any atom is 0.137 e. The number of nitrogens with two attached hydrogens (primary N) is 1. The summed E-state index contributed by atoms with van der Waals surface area (Å²) in [5.74, 6) is -0.884. The highest BCUT2D eigenvalue weighted by molar-refractivity contribution is 9.10. The summed E-state index contributed by atoms with van der Waals surface area (Å²) in [7, 11) is 0. The normalized spacial score (nSPS) is 10.7. The largest absolute Gasteiger partial charge is 0.326 e. The lowest BCUT2D eigenvalue weighted by Crippen LogP contribution is -1.95. The third-order valence-electron chi connectivity index (χ3n) is 2.35. The molecule has 0 aliphatic carbocycles. The Morgan fingerprint density at radius 2 is 1.83 bits per heavy atom. The molecule has 0 aliphatic heterocycles. The van der Waals surface area contributed by atoms with Crippen molar-refractivity contribution in [1.29, 1.82) is 0 Å². The average Bonchev–Trinajstić information content (AvgIpc) is 2.36. The van der Waals surface area contributed by atoms with Gasteiger partial charge < -0.3 is 5.73 Å². The van der Waals surface area contributed by atoms with Crippen molar-refractivity contribution in [3.8, 4) is 0 Å². The average molecular weight is 330 g/mol. The summed E-state index contributed by atoms with van der Waals surface area (Å²) in [4.78, 5) is 1.08. The first-order valence-electron chi connectivity index (χ1n) is 5.21. The molecule has 0 aliphatic rings. The molecule has 1 nitrogen and oxygen atoms in total. The summed E-state index contributed by atoms with van der Waals surface area (Å²) in [6.07, 6.45) is 0. The van der Waals surface area contributed by atoms with Crippen LogP contribution in [-0.2, 0) is 6.54 Å². The highest BCUT2D eigenvalue weighted by Gasteiger charge is 2.08. The Labute approximate surface area is 117 Å². The SMILES string of the molecule is NCc1ccc(Sc2cc(F)ccc2F)c(Br)c1. The monoisotopic (exact) mass is 329 g/mol. The van der Waals surface area contributed by atoms with Gasteiger partial charge in [0.2, 0.25) is 0 Å². The quantitative estimate of drug-likeness (QED) is 0.906. The highest BCUT2D eigenvalue weighted by atomic mass is 79.9. The van der Waals surface area contributed by atoms with Gasteiger partial charge in [-0.05, 0) is 51.8 Å². The summed E-state index contributed by atoms with van der Waals surface area (Å²) in [6, 6.07) is 8.99. The molecule has 2 aromatic carbocycles. The lowest BCUT2D eigenvalue weighted by Gasteiger charge is -2.07. The molecule has 2 aromatic rings. The van der Waals surface area contributed by atoms with Crippen LogP contribution in [0.4, 0.5) is 8.78 Å². The maximum absolute atomic E-state index is 13.5. The van der Waals surface area contributed by atoms with Crippen molar-refractivity contribution < 1.29 is 8.78 Å². The van der Waals surface area contributed by atoms with E-state index < -0.39 is 11.6 Å². The predicted molar refractivity (Wildman–Crippen MR) is 72.5 cm³/mol. The van der Waals surface area contributed by atoms with Gasteiger partial charge in [-0.3, -0.25) is 0 Å². The standard InChI is InChI=1S/C13H10BrF2NS/c14-10-5-8(7-17)1-4-12(10)18-13-6-9(15)2-3-11(13)16/h1-6H,7,17H2. The van der Waals surface area contributed by atoms with E-state index in [9.17, 15) is 8.78 Å². The van der Waals surface area contributed by atoms with Crippen LogP contribution in [-0.4, -0.2) is 0 Å². The smallest absolute Gasteiger partial charge is 0.137 e. The van der Waals surface area contributed by atoms with Crippen molar-refractivity contribution in [2.45, 2.75) is 16.3 Å². The summed E-state index contributed by atoms with van der Waals surface area (Å²) in [6.45, 7) is 0.442. The molecule has 0 fully saturated rings. The first-order valence-corrected chi connectivity index (χ1v) is 6.82. The minimum Gasteiger partial charge on any atom is -0.326 e. The number of benzene rings is 2. The lowest BCUT2D eigenvalue weighted by molar-refractivity contribution is 0.577. The van der Waals surface area contributed by atoms with Gasteiger partial charge in [-0.25, -0.2) is 8.78 Å². The van der Waals surface area contributed by atoms with Crippen LogP contribution in [0.2, 0.25) is 0 Å². The van der Waals surface area contributed by atoms with Crippen LogP contribution in [0.15, 0.2) is 50.7 Å². The zero-order valence-corrected chi connectivity index (χ0v) is 11.7. The summed E-state index contributed by atoms with van der Waals surface area (Å²) < 4.78 is 27.4. The van der Waals surface area contributed by atoms with Crippen LogP contribution < -0.4 is 5.73 Å². The minimum absolute atomic E-state index is 0.260. The van der Waals surface area contributed by atoms with Gasteiger partial charge in [-0.1, -0.05) is 17.8 Å². The van der Waals surface area contributed by atoms with Crippen LogP contribution in [0.3, 0.4) is 0 Å². The van der Waals surface area contributed by atoms with E-state index in [-0.39, 0.29) is 4.90 Å². The Morgan fingerprint density at radius 3 is 2.50 bits per heavy atom. The van der Waals surface area contributed by atoms with Gasteiger partial charge in [0.25, 0.3) is 0 Å². The molecule has 0 spiro atoms. The fourth-order valence-corrected chi connectivity index (χ4v) is 2.96. The van der Waals surface area contributed by atoms with E-state index in [2.05, 4.69) is 15.9 Å². The van der Waals surface area contributed by atoms with Crippen molar-refractivity contribution in [2.24, 2.45) is 5.73 Å². The number of halogens is 3. The van der Waals surface area contributed by atoms with Gasteiger partial charge in [-0.2, -0.15) is 0 Å². The molecule has 2 N–H and O–H groups in total. The molecule has 0 amide bonds. The molecule has 2 rings (SSSR count). The Kier molecular flexibility index (Phi) is 4.37. The van der Waals surface area contributed by atoms with E-state index in [0.717, 1.165) is 27.1 Å². The van der Waals surface area contributed by atoms with Crippen LogP contribution in [0.1, 0.15) is 5.56 Å². The molecule has 94 valence electrons. The molecule has 0 saturated heterocycles. The summed E-state index contributed by atoms with van der Waals surface area (Å²) >= 11 is 4.57. The van der Waals surface area contributed by atoms with Crippen LogP contribution >= 0.6 is 27.7 Å². The highest BCUT2D eigenvalue weighted by Crippen LogP contribution is 2.35. The van der Waals surface area contributed by atoms with E-state index >= 15 is 0 Å². The Hall–Kier alpha value is -0.910. The van der Waals surface area contributed by atoms with Crippen LogP contribution in [0.25, 0.3) is 0 Å². The molecular weight excluding hydrogens is 320 g/mol. The van der Waals surface area contributed by atoms with Gasteiger partial charge in [0.1, 0.15) is 11.6 Å². The van der Waals surface area contributed by atoms with Gasteiger partial charge >= 0.3 is 0 Å². The van der Waals surface area contributed by atoms with E-state index in [0.29, 0.717) is 6.54 Å². The zero-order valence-electron chi connectivity index (χ0n) is 9.29. The first-order chi connectivity index (χ1) is 8.60. The van der Waals surface area contributed by atoms with Gasteiger partial charge in [-0.15, -0.1) is 0 Å². The number of hydrogen-bond donors (Lipinski definition) is 1. The molecule has 0 aromatic heterocycles. The van der Waals surface area contributed by atoms with Gasteiger partial charge in [0.15, 0.2) is 0 Å². The number of rotatable bonds is 3. The second kappa shape index (κ2) is 5.82. The fraction of sp³-hybridized carbons (Fsp3) is 0.0769. The predicted octanol–water partition coefficient (Wildman–Crippen LogP) is 4.34. The molecule has 0 unspecified atom stereocenters. The molecule has 0 heterocycles. The van der Waals surface area contributed by atoms with Crippen LogP contribution in [0, 0.1) is 11.6 Å². The van der Waals surface area contributed by atoms with Crippen LogP contribution in [0.5, 0.6) is 0 Å². The fourth-order valence-electron chi connectivity index (χ4n) is 1.43. The molecule has 5 heteroatoms. The minimum atomic E-state index is -0.450. The van der Waals surface area contributed by atoms with Crippen molar-refractivity contribution >= 4 is 27.7 Å². The zero-order chi connectivity index (χ0) is 13.1. The first kappa shape index (κ1) is 13.5. The molecule has 0 radical (unpaired) electrons. The second-order valence-electron chi connectivity index (χ2n) is 3.65. The molecule has 18 heavy (non-hydrogen) atoms. The van der Waals surface area contributed by atoms with Crippen molar-refractivity contribution in [3.63, 3.8) is 0 Å². The van der Waals surface area contributed by atoms with Crippen molar-refractivity contribution in [2.75, 3.05) is 0 Å². The van der Waals surface area contributed by atoms with Gasteiger partial charge in [0, 0.05) is 15.9 Å². The molecule has 0 atom stereocenters. The third-order valence-corrected chi connectivity index (χ3v) is 4.37. The van der Waals surface area contributed by atoms with Gasteiger partial charge in [0.05, 0.1) is 4.90 Å². The van der Waals surface area contributed by atoms with Crippen molar-refractivity contribution in [3.05, 3.63) is 58.1 Å². The topological polar surface area (TPSA) is 26.0 Å². The number of hydrogen-bond acceptors (Lipinski definition) is 2. The maximum atomic E-state index is 13.5. The molecular formula is C13H10BrF2NS. The van der Waals surface area contributed by atoms with E-state index in [1.165, 1.54) is 17.8 Å².